The molecule has 28 heavy (non-hydrogen) atoms. The Morgan fingerprint density at radius 2 is 1.89 bits per heavy atom. The van der Waals surface area contributed by atoms with Crippen LogP contribution in [0.3, 0.4) is 0 Å². The summed E-state index contributed by atoms with van der Waals surface area (Å²) in [6.45, 7) is 0. The summed E-state index contributed by atoms with van der Waals surface area (Å²) in [5.74, 6) is -0.363. The number of non-ortho nitro benzene ring substituents is 1. The molecule has 2 heterocycles. The monoisotopic (exact) mass is 435 g/mol. The summed E-state index contributed by atoms with van der Waals surface area (Å²) in [6, 6.07) is 9.33. The summed E-state index contributed by atoms with van der Waals surface area (Å²) >= 11 is 3.87. The van der Waals surface area contributed by atoms with Crippen molar-refractivity contribution in [2.75, 3.05) is 16.4 Å². The number of nitro benzene ring substituents is 1. The van der Waals surface area contributed by atoms with Crippen molar-refractivity contribution in [3.05, 3.63) is 56.8 Å². The molecule has 0 bridgehead atoms. The van der Waals surface area contributed by atoms with E-state index in [1.165, 1.54) is 58.7 Å². The highest BCUT2D eigenvalue weighted by molar-refractivity contribution is 8.01. The molecular weight excluding hydrogens is 422 g/mol. The standard InChI is InChI=1S/C16H13N5O4S3/c22-13(8-12-2-1-7-26-12)18-15-19-20-16(28-15)27-9-14(23)17-10-3-5-11(6-4-10)21(24)25/h1-7H,8-9H2,(H,17,23)(H,18,19,22). The van der Waals surface area contributed by atoms with Gasteiger partial charge < -0.3 is 10.6 Å². The predicted octanol–water partition coefficient (Wildman–Crippen LogP) is 3.42. The van der Waals surface area contributed by atoms with Crippen molar-refractivity contribution in [1.82, 2.24) is 10.2 Å². The van der Waals surface area contributed by atoms with Gasteiger partial charge in [0.1, 0.15) is 0 Å². The maximum Gasteiger partial charge on any atom is 0.269 e. The number of rotatable bonds is 8. The Bertz CT molecular complexity index is 973. The SMILES string of the molecule is O=C(CSc1nnc(NC(=O)Cc2cccs2)s1)Nc1ccc([N+](=O)[O-])cc1. The summed E-state index contributed by atoms with van der Waals surface area (Å²) in [7, 11) is 0. The summed E-state index contributed by atoms with van der Waals surface area (Å²) in [4.78, 5) is 35.0. The molecule has 9 nitrogen and oxygen atoms in total. The molecule has 0 unspecified atom stereocenters. The Balaban J connectivity index is 1.45. The first kappa shape index (κ1) is 19.9. The molecule has 2 amide bonds. The number of nitrogens with zero attached hydrogens (tertiary/aromatic N) is 3. The van der Waals surface area contributed by atoms with Gasteiger partial charge in [-0.15, -0.1) is 21.5 Å². The zero-order chi connectivity index (χ0) is 19.9. The molecular formula is C16H13N5O4S3. The van der Waals surface area contributed by atoms with Gasteiger partial charge in [0.15, 0.2) is 4.34 Å². The van der Waals surface area contributed by atoms with Crippen LogP contribution in [0.5, 0.6) is 0 Å². The molecule has 2 N–H and O–H groups in total. The third-order valence-electron chi connectivity index (χ3n) is 3.26. The average molecular weight is 436 g/mol. The summed E-state index contributed by atoms with van der Waals surface area (Å²) in [5.41, 5.74) is 0.421. The number of aromatic nitrogens is 2. The van der Waals surface area contributed by atoms with Gasteiger partial charge in [0.05, 0.1) is 17.1 Å². The van der Waals surface area contributed by atoms with Gasteiger partial charge in [0.25, 0.3) is 5.69 Å². The van der Waals surface area contributed by atoms with Crippen molar-refractivity contribution in [3.63, 3.8) is 0 Å². The fourth-order valence-electron chi connectivity index (χ4n) is 2.04. The van der Waals surface area contributed by atoms with Crippen molar-refractivity contribution in [1.29, 1.82) is 0 Å². The van der Waals surface area contributed by atoms with Gasteiger partial charge in [-0.1, -0.05) is 29.2 Å². The molecule has 0 aliphatic carbocycles. The molecule has 0 radical (unpaired) electrons. The van der Waals surface area contributed by atoms with Gasteiger partial charge in [0.2, 0.25) is 16.9 Å². The summed E-state index contributed by atoms with van der Waals surface area (Å²) < 4.78 is 0.547. The maximum atomic E-state index is 12.0. The topological polar surface area (TPSA) is 127 Å². The van der Waals surface area contributed by atoms with Crippen LogP contribution in [-0.4, -0.2) is 32.7 Å². The van der Waals surface area contributed by atoms with E-state index in [-0.39, 0.29) is 29.7 Å². The van der Waals surface area contributed by atoms with Crippen LogP contribution in [0, 0.1) is 10.1 Å². The lowest BCUT2D eigenvalue weighted by molar-refractivity contribution is -0.384. The highest BCUT2D eigenvalue weighted by Gasteiger charge is 2.12. The lowest BCUT2D eigenvalue weighted by atomic mass is 10.3. The minimum atomic E-state index is -0.506. The molecule has 0 fully saturated rings. The van der Waals surface area contributed by atoms with E-state index in [9.17, 15) is 19.7 Å². The van der Waals surface area contributed by atoms with Crippen LogP contribution in [0.15, 0.2) is 46.1 Å². The van der Waals surface area contributed by atoms with E-state index in [4.69, 9.17) is 0 Å². The van der Waals surface area contributed by atoms with Crippen LogP contribution < -0.4 is 10.6 Å². The van der Waals surface area contributed by atoms with Gasteiger partial charge in [-0.2, -0.15) is 0 Å². The van der Waals surface area contributed by atoms with Crippen molar-refractivity contribution in [2.45, 2.75) is 10.8 Å². The second-order valence-electron chi connectivity index (χ2n) is 5.32. The van der Waals surface area contributed by atoms with Gasteiger partial charge in [-0.05, 0) is 23.6 Å². The van der Waals surface area contributed by atoms with Crippen LogP contribution in [0.4, 0.5) is 16.5 Å². The number of nitrogens with one attached hydrogen (secondary N) is 2. The normalized spacial score (nSPS) is 10.4. The van der Waals surface area contributed by atoms with E-state index in [1.54, 1.807) is 0 Å². The van der Waals surface area contributed by atoms with E-state index in [0.717, 1.165) is 4.88 Å². The fraction of sp³-hybridized carbons (Fsp3) is 0.125. The van der Waals surface area contributed by atoms with E-state index >= 15 is 0 Å². The second kappa shape index (κ2) is 9.39. The number of thioether (sulfide) groups is 1. The minimum Gasteiger partial charge on any atom is -0.325 e. The number of hydrogen-bond donors (Lipinski definition) is 2. The van der Waals surface area contributed by atoms with Crippen LogP contribution in [0.2, 0.25) is 0 Å². The third-order valence-corrected chi connectivity index (χ3v) is 6.10. The molecule has 12 heteroatoms. The quantitative estimate of drug-likeness (QED) is 0.240. The Morgan fingerprint density at radius 1 is 1.11 bits per heavy atom. The Hall–Kier alpha value is -2.83. The number of thiophene rings is 1. The number of amides is 2. The van der Waals surface area contributed by atoms with Crippen LogP contribution in [-0.2, 0) is 16.0 Å². The smallest absolute Gasteiger partial charge is 0.269 e. The highest BCUT2D eigenvalue weighted by Crippen LogP contribution is 2.26. The molecule has 2 aromatic heterocycles. The zero-order valence-corrected chi connectivity index (χ0v) is 16.6. The third kappa shape index (κ3) is 5.84. The summed E-state index contributed by atoms with van der Waals surface area (Å²) in [6.07, 6.45) is 0.275. The first-order valence-electron chi connectivity index (χ1n) is 7.82. The Morgan fingerprint density at radius 3 is 2.57 bits per heavy atom. The molecule has 0 spiro atoms. The van der Waals surface area contributed by atoms with Crippen molar-refractivity contribution in [2.24, 2.45) is 0 Å². The average Bonchev–Trinajstić information content (AvgIpc) is 3.32. The molecule has 3 aromatic rings. The fourth-order valence-corrected chi connectivity index (χ4v) is 4.32. The maximum absolute atomic E-state index is 12.0. The van der Waals surface area contributed by atoms with Crippen LogP contribution >= 0.6 is 34.4 Å². The van der Waals surface area contributed by atoms with Gasteiger partial charge in [-0.25, -0.2) is 0 Å². The van der Waals surface area contributed by atoms with Gasteiger partial charge in [0, 0.05) is 22.7 Å². The Kier molecular flexibility index (Phi) is 6.68. The first-order chi connectivity index (χ1) is 13.5. The minimum absolute atomic E-state index is 0.0464. The van der Waals surface area contributed by atoms with Gasteiger partial charge >= 0.3 is 0 Å². The van der Waals surface area contributed by atoms with E-state index in [2.05, 4.69) is 20.8 Å². The molecule has 0 atom stereocenters. The molecule has 0 saturated heterocycles. The lowest BCUT2D eigenvalue weighted by Gasteiger charge is -2.03. The number of hydrogen-bond acceptors (Lipinski definition) is 9. The summed E-state index contributed by atoms with van der Waals surface area (Å²) in [5, 5.41) is 26.1. The molecule has 0 aliphatic rings. The molecule has 144 valence electrons. The number of benzene rings is 1. The molecule has 1 aromatic carbocycles. The van der Waals surface area contributed by atoms with Crippen LogP contribution in [0.25, 0.3) is 0 Å². The van der Waals surface area contributed by atoms with Crippen molar-refractivity contribution in [3.8, 4) is 0 Å². The first-order valence-corrected chi connectivity index (χ1v) is 10.5. The Labute approximate surface area is 171 Å². The van der Waals surface area contributed by atoms with E-state index in [0.29, 0.717) is 15.2 Å². The number of nitro groups is 1. The highest BCUT2D eigenvalue weighted by atomic mass is 32.2. The zero-order valence-electron chi connectivity index (χ0n) is 14.2. The number of carbonyl (C=O) groups is 2. The van der Waals surface area contributed by atoms with Crippen molar-refractivity contribution < 1.29 is 14.5 Å². The molecule has 3 rings (SSSR count). The van der Waals surface area contributed by atoms with Gasteiger partial charge in [-0.3, -0.25) is 19.7 Å². The molecule has 0 aliphatic heterocycles. The van der Waals surface area contributed by atoms with Crippen LogP contribution in [0.1, 0.15) is 4.88 Å². The largest absolute Gasteiger partial charge is 0.325 e. The predicted molar refractivity (Wildman–Crippen MR) is 109 cm³/mol. The van der Waals surface area contributed by atoms with Crippen molar-refractivity contribution >= 4 is 62.8 Å². The second-order valence-corrected chi connectivity index (χ2v) is 8.55. The van der Waals surface area contributed by atoms with E-state index in [1.807, 2.05) is 17.5 Å². The number of anilines is 2. The number of carbonyl (C=O) groups excluding carboxylic acids is 2. The molecule has 0 saturated carbocycles. The van der Waals surface area contributed by atoms with E-state index < -0.39 is 4.92 Å². The lowest BCUT2D eigenvalue weighted by Crippen LogP contribution is -2.13.